The number of hydrogen-bond donors (Lipinski definition) is 1. The van der Waals surface area contributed by atoms with Gasteiger partial charge in [0.2, 0.25) is 0 Å². The molecule has 3 aromatic rings. The summed E-state index contributed by atoms with van der Waals surface area (Å²) in [6, 6.07) is 16.5. The average Bonchev–Trinajstić information content (AvgIpc) is 2.72. The van der Waals surface area contributed by atoms with Crippen LogP contribution in [0.1, 0.15) is 29.5 Å². The Morgan fingerprint density at radius 1 is 0.967 bits per heavy atom. The van der Waals surface area contributed by atoms with Gasteiger partial charge in [-0.15, -0.1) is 0 Å². The van der Waals surface area contributed by atoms with Crippen molar-refractivity contribution in [3.63, 3.8) is 0 Å². The summed E-state index contributed by atoms with van der Waals surface area (Å²) in [6.07, 6.45) is -5.01. The quantitative estimate of drug-likeness (QED) is 0.473. The lowest BCUT2D eigenvalue weighted by atomic mass is 9.77. The van der Waals surface area contributed by atoms with Gasteiger partial charge in [-0.2, -0.15) is 18.4 Å². The number of rotatable bonds is 4. The van der Waals surface area contributed by atoms with Gasteiger partial charge in [-0.3, -0.25) is 0 Å². The first-order valence-corrected chi connectivity index (χ1v) is 9.31. The molecule has 0 bridgehead atoms. The molecule has 3 rings (SSSR count). The fourth-order valence-corrected chi connectivity index (χ4v) is 3.75. The van der Waals surface area contributed by atoms with E-state index in [2.05, 4.69) is 0 Å². The zero-order valence-corrected chi connectivity index (χ0v) is 16.5. The van der Waals surface area contributed by atoms with E-state index in [1.807, 2.05) is 6.07 Å². The number of benzene rings is 3. The summed E-state index contributed by atoms with van der Waals surface area (Å²) in [5, 5.41) is 19.7. The molecule has 0 aliphatic rings. The molecule has 0 saturated heterocycles. The van der Waals surface area contributed by atoms with Crippen molar-refractivity contribution in [3.8, 4) is 17.2 Å². The van der Waals surface area contributed by atoms with Crippen LogP contribution in [0.15, 0.2) is 66.7 Å². The Kier molecular flexibility index (Phi) is 5.89. The highest BCUT2D eigenvalue weighted by Crippen LogP contribution is 2.50. The van der Waals surface area contributed by atoms with E-state index in [1.165, 1.54) is 55.5 Å². The number of halogens is 5. The number of aliphatic hydroxyl groups is 1. The Hall–Kier alpha value is -2.88. The topological polar surface area (TPSA) is 44.0 Å². The highest BCUT2D eigenvalue weighted by Gasteiger charge is 2.58. The van der Waals surface area contributed by atoms with Gasteiger partial charge in [0.1, 0.15) is 5.82 Å². The zero-order valence-electron chi connectivity index (χ0n) is 15.7. The van der Waals surface area contributed by atoms with E-state index in [0.717, 1.165) is 12.1 Å². The minimum atomic E-state index is -5.01. The molecule has 2 nitrogen and oxygen atoms in total. The second kappa shape index (κ2) is 8.10. The fourth-order valence-electron chi connectivity index (χ4n) is 3.41. The molecule has 0 radical (unpaired) electrons. The minimum absolute atomic E-state index is 0.0144. The predicted molar refractivity (Wildman–Crippen MR) is 106 cm³/mol. The van der Waals surface area contributed by atoms with Crippen LogP contribution in [0.2, 0.25) is 5.02 Å². The molecule has 0 aliphatic heterocycles. The summed E-state index contributed by atoms with van der Waals surface area (Å²) < 4.78 is 55.6. The molecule has 2 unspecified atom stereocenters. The maximum absolute atomic E-state index is 14.0. The van der Waals surface area contributed by atoms with Crippen LogP contribution in [-0.4, -0.2) is 11.3 Å². The van der Waals surface area contributed by atoms with E-state index < -0.39 is 29.1 Å². The normalized spacial score (nSPS) is 14.6. The zero-order chi connectivity index (χ0) is 22.1. The molecular weight excluding hydrogens is 418 g/mol. The first-order chi connectivity index (χ1) is 14.1. The number of hydrogen-bond acceptors (Lipinski definition) is 2. The second-order valence-electron chi connectivity index (χ2n) is 6.92. The van der Waals surface area contributed by atoms with Crippen molar-refractivity contribution in [2.24, 2.45) is 0 Å². The third-order valence-electron chi connectivity index (χ3n) is 5.14. The minimum Gasteiger partial charge on any atom is -0.376 e. The Bertz CT molecular complexity index is 1110. The van der Waals surface area contributed by atoms with Gasteiger partial charge >= 0.3 is 6.18 Å². The van der Waals surface area contributed by atoms with Crippen LogP contribution >= 0.6 is 11.6 Å². The van der Waals surface area contributed by atoms with E-state index in [0.29, 0.717) is 11.1 Å². The molecule has 0 fully saturated rings. The SMILES string of the molecule is CC(c1ccc(-c2cccc(F)c2)cc1Cl)C(O)(c1ccc(C#N)cc1)C(F)(F)F. The van der Waals surface area contributed by atoms with Crippen molar-refractivity contribution in [1.82, 2.24) is 0 Å². The van der Waals surface area contributed by atoms with E-state index in [-0.39, 0.29) is 16.1 Å². The Balaban J connectivity index is 2.07. The van der Waals surface area contributed by atoms with Crippen LogP contribution < -0.4 is 0 Å². The Labute approximate surface area is 176 Å². The molecule has 154 valence electrons. The highest BCUT2D eigenvalue weighted by atomic mass is 35.5. The highest BCUT2D eigenvalue weighted by molar-refractivity contribution is 6.31. The van der Waals surface area contributed by atoms with Gasteiger partial charge in [-0.25, -0.2) is 4.39 Å². The van der Waals surface area contributed by atoms with Crippen LogP contribution in [-0.2, 0) is 5.60 Å². The molecular formula is C23H16ClF4NO. The molecule has 0 amide bonds. The molecule has 0 saturated carbocycles. The summed E-state index contributed by atoms with van der Waals surface area (Å²) >= 11 is 6.29. The Morgan fingerprint density at radius 2 is 1.60 bits per heavy atom. The monoisotopic (exact) mass is 433 g/mol. The van der Waals surface area contributed by atoms with E-state index in [1.54, 1.807) is 6.07 Å². The smallest absolute Gasteiger partial charge is 0.376 e. The molecule has 0 spiro atoms. The fraction of sp³-hybridized carbons (Fsp3) is 0.174. The van der Waals surface area contributed by atoms with Crippen molar-refractivity contribution in [2.75, 3.05) is 0 Å². The lowest BCUT2D eigenvalue weighted by Crippen LogP contribution is -2.46. The van der Waals surface area contributed by atoms with Crippen molar-refractivity contribution >= 4 is 11.6 Å². The average molecular weight is 434 g/mol. The third kappa shape index (κ3) is 3.91. The lowest BCUT2D eigenvalue weighted by molar-refractivity contribution is -0.274. The lowest BCUT2D eigenvalue weighted by Gasteiger charge is -2.37. The van der Waals surface area contributed by atoms with Crippen LogP contribution in [0.3, 0.4) is 0 Å². The van der Waals surface area contributed by atoms with Crippen molar-refractivity contribution < 1.29 is 22.7 Å². The summed E-state index contributed by atoms with van der Waals surface area (Å²) in [7, 11) is 0. The van der Waals surface area contributed by atoms with Gasteiger partial charge in [0.05, 0.1) is 11.6 Å². The molecule has 0 heterocycles. The third-order valence-corrected chi connectivity index (χ3v) is 5.47. The van der Waals surface area contributed by atoms with Gasteiger partial charge in [-0.05, 0) is 52.6 Å². The van der Waals surface area contributed by atoms with Crippen LogP contribution in [0.5, 0.6) is 0 Å². The molecule has 7 heteroatoms. The van der Waals surface area contributed by atoms with Gasteiger partial charge in [0, 0.05) is 10.9 Å². The summed E-state index contributed by atoms with van der Waals surface area (Å²) in [5.74, 6) is -1.91. The first kappa shape index (κ1) is 21.8. The summed E-state index contributed by atoms with van der Waals surface area (Å²) in [5.41, 5.74) is -2.31. The van der Waals surface area contributed by atoms with Crippen molar-refractivity contribution in [2.45, 2.75) is 24.6 Å². The largest absolute Gasteiger partial charge is 0.422 e. The summed E-state index contributed by atoms with van der Waals surface area (Å²) in [4.78, 5) is 0. The molecule has 3 aromatic carbocycles. The maximum atomic E-state index is 14.0. The van der Waals surface area contributed by atoms with Crippen LogP contribution in [0, 0.1) is 17.1 Å². The molecule has 0 aliphatic carbocycles. The molecule has 30 heavy (non-hydrogen) atoms. The standard InChI is InChI=1S/C23H16ClF4NO/c1-14(22(30,23(26,27)28)18-8-5-15(13-29)6-9-18)20-10-7-17(12-21(20)24)16-3-2-4-19(25)11-16/h2-12,14,30H,1H3. The first-order valence-electron chi connectivity index (χ1n) is 8.93. The number of nitriles is 1. The second-order valence-corrected chi connectivity index (χ2v) is 7.33. The maximum Gasteiger partial charge on any atom is 0.422 e. The van der Waals surface area contributed by atoms with E-state index >= 15 is 0 Å². The number of nitrogens with zero attached hydrogens (tertiary/aromatic N) is 1. The van der Waals surface area contributed by atoms with Crippen LogP contribution in [0.25, 0.3) is 11.1 Å². The predicted octanol–water partition coefficient (Wildman–Crippen LogP) is 6.57. The van der Waals surface area contributed by atoms with Crippen LogP contribution in [0.4, 0.5) is 17.6 Å². The van der Waals surface area contributed by atoms with Gasteiger partial charge in [-0.1, -0.05) is 54.9 Å². The molecule has 2 atom stereocenters. The van der Waals surface area contributed by atoms with E-state index in [4.69, 9.17) is 16.9 Å². The van der Waals surface area contributed by atoms with Crippen molar-refractivity contribution in [1.29, 1.82) is 5.26 Å². The van der Waals surface area contributed by atoms with Gasteiger partial charge in [0.15, 0.2) is 5.60 Å². The molecule has 0 aromatic heterocycles. The number of alkyl halides is 3. The van der Waals surface area contributed by atoms with E-state index in [9.17, 15) is 22.7 Å². The van der Waals surface area contributed by atoms with Gasteiger partial charge < -0.3 is 5.11 Å². The molecule has 1 N–H and O–H groups in total. The Morgan fingerprint density at radius 3 is 2.13 bits per heavy atom. The van der Waals surface area contributed by atoms with Gasteiger partial charge in [0.25, 0.3) is 0 Å². The van der Waals surface area contributed by atoms with Crippen molar-refractivity contribution in [3.05, 3.63) is 94.3 Å². The summed E-state index contributed by atoms with van der Waals surface area (Å²) in [6.45, 7) is 1.23.